The molecule has 0 bridgehead atoms. The molecule has 4 aromatic rings. The maximum Gasteiger partial charge on any atom is 0.321 e. The third-order valence-electron chi connectivity index (χ3n) is 5.88. The number of amides is 2. The first-order valence-electron chi connectivity index (χ1n) is 10.8. The molecule has 1 atom stereocenters. The van der Waals surface area contributed by atoms with Gasteiger partial charge in [0, 0.05) is 24.9 Å². The van der Waals surface area contributed by atoms with Crippen molar-refractivity contribution in [3.63, 3.8) is 0 Å². The zero-order valence-corrected chi connectivity index (χ0v) is 17.5. The number of halogens is 1. The Morgan fingerprint density at radius 1 is 1.09 bits per heavy atom. The van der Waals surface area contributed by atoms with Crippen molar-refractivity contribution in [2.75, 3.05) is 18.4 Å². The van der Waals surface area contributed by atoms with Crippen LogP contribution in [0.5, 0.6) is 0 Å². The lowest BCUT2D eigenvalue weighted by molar-refractivity contribution is 0.173. The number of urea groups is 1. The van der Waals surface area contributed by atoms with Crippen molar-refractivity contribution in [1.82, 2.24) is 15.0 Å². The number of fused-ring (bicyclic) bond motifs is 1. The fourth-order valence-electron chi connectivity index (χ4n) is 4.28. The smallest absolute Gasteiger partial charge is 0.321 e. The van der Waals surface area contributed by atoms with Crippen LogP contribution in [-0.2, 0) is 6.42 Å². The van der Waals surface area contributed by atoms with Gasteiger partial charge >= 0.3 is 6.03 Å². The maximum atomic E-state index is 14.0. The molecule has 1 saturated heterocycles. The molecule has 5 rings (SSSR count). The first-order valence-corrected chi connectivity index (χ1v) is 10.8. The monoisotopic (exact) mass is 430 g/mol. The predicted octanol–water partition coefficient (Wildman–Crippen LogP) is 5.52. The van der Waals surface area contributed by atoms with Crippen LogP contribution in [0.15, 0.2) is 71.3 Å². The molecule has 1 aromatic heterocycles. The summed E-state index contributed by atoms with van der Waals surface area (Å²) in [5.41, 5.74) is 1.13. The van der Waals surface area contributed by atoms with Gasteiger partial charge in [-0.1, -0.05) is 53.7 Å². The standard InChI is InChI=1S/C25H23FN4O2/c26-21-12-4-3-11-20(21)24-28-23(32-29-24)15-17-7-6-14-30(16-17)25(31)27-22-13-5-9-18-8-1-2-10-19(18)22/h1-5,8-13,17H,6-7,14-16H2,(H,27,31). The summed E-state index contributed by atoms with van der Waals surface area (Å²) in [6.07, 6.45) is 2.43. The van der Waals surface area contributed by atoms with Crippen LogP contribution in [0.1, 0.15) is 18.7 Å². The summed E-state index contributed by atoms with van der Waals surface area (Å²) in [6.45, 7) is 1.31. The van der Waals surface area contributed by atoms with Gasteiger partial charge in [-0.3, -0.25) is 0 Å². The van der Waals surface area contributed by atoms with Gasteiger partial charge in [0.05, 0.1) is 11.3 Å². The fourth-order valence-corrected chi connectivity index (χ4v) is 4.28. The minimum Gasteiger partial charge on any atom is -0.339 e. The van der Waals surface area contributed by atoms with E-state index in [9.17, 15) is 9.18 Å². The highest BCUT2D eigenvalue weighted by molar-refractivity contribution is 6.01. The topological polar surface area (TPSA) is 71.3 Å². The second-order valence-corrected chi connectivity index (χ2v) is 8.11. The molecule has 0 aliphatic carbocycles. The van der Waals surface area contributed by atoms with Gasteiger partial charge in [-0.2, -0.15) is 4.98 Å². The molecule has 2 heterocycles. The van der Waals surface area contributed by atoms with Gasteiger partial charge in [-0.25, -0.2) is 9.18 Å². The summed E-state index contributed by atoms with van der Waals surface area (Å²) in [5.74, 6) is 0.536. The Hall–Kier alpha value is -3.74. The molecule has 3 aromatic carbocycles. The van der Waals surface area contributed by atoms with Crippen molar-refractivity contribution < 1.29 is 13.7 Å². The average Bonchev–Trinajstić information content (AvgIpc) is 3.28. The highest BCUT2D eigenvalue weighted by atomic mass is 19.1. The van der Waals surface area contributed by atoms with Gasteiger partial charge in [0.25, 0.3) is 0 Å². The van der Waals surface area contributed by atoms with E-state index in [1.807, 2.05) is 47.4 Å². The first-order chi connectivity index (χ1) is 15.7. The van der Waals surface area contributed by atoms with Crippen molar-refractivity contribution >= 4 is 22.5 Å². The molecule has 0 saturated carbocycles. The summed E-state index contributed by atoms with van der Waals surface area (Å²) >= 11 is 0. The van der Waals surface area contributed by atoms with E-state index in [1.165, 1.54) is 6.07 Å². The van der Waals surface area contributed by atoms with Gasteiger partial charge in [-0.05, 0) is 42.3 Å². The lowest BCUT2D eigenvalue weighted by Gasteiger charge is -2.32. The van der Waals surface area contributed by atoms with E-state index in [4.69, 9.17) is 4.52 Å². The van der Waals surface area contributed by atoms with Crippen molar-refractivity contribution in [2.24, 2.45) is 5.92 Å². The number of hydrogen-bond donors (Lipinski definition) is 1. The molecule has 7 heteroatoms. The quantitative estimate of drug-likeness (QED) is 0.463. The van der Waals surface area contributed by atoms with Crippen LogP contribution in [0.25, 0.3) is 22.2 Å². The molecule has 6 nitrogen and oxygen atoms in total. The molecule has 0 spiro atoms. The molecule has 2 amide bonds. The summed E-state index contributed by atoms with van der Waals surface area (Å²) in [7, 11) is 0. The molecule has 162 valence electrons. The van der Waals surface area contributed by atoms with Crippen LogP contribution >= 0.6 is 0 Å². The van der Waals surface area contributed by atoms with Gasteiger partial charge < -0.3 is 14.7 Å². The van der Waals surface area contributed by atoms with Crippen molar-refractivity contribution in [3.8, 4) is 11.4 Å². The summed E-state index contributed by atoms with van der Waals surface area (Å²) in [6, 6.07) is 20.1. The second kappa shape index (κ2) is 8.78. The van der Waals surface area contributed by atoms with Crippen LogP contribution in [0, 0.1) is 11.7 Å². The maximum absolute atomic E-state index is 14.0. The van der Waals surface area contributed by atoms with Crippen LogP contribution in [0.2, 0.25) is 0 Å². The van der Waals surface area contributed by atoms with Crippen molar-refractivity contribution in [1.29, 1.82) is 0 Å². The molecule has 1 N–H and O–H groups in total. The van der Waals surface area contributed by atoms with E-state index in [2.05, 4.69) is 15.5 Å². The van der Waals surface area contributed by atoms with E-state index in [-0.39, 0.29) is 23.6 Å². The number of carbonyl (C=O) groups is 1. The molecule has 1 unspecified atom stereocenters. The molecule has 1 aliphatic heterocycles. The summed E-state index contributed by atoms with van der Waals surface area (Å²) in [5, 5.41) is 9.10. The SMILES string of the molecule is O=C(Nc1cccc2ccccc12)N1CCCC(Cc2nc(-c3ccccc3F)no2)C1. The zero-order chi connectivity index (χ0) is 21.9. The Labute approximate surface area is 185 Å². The minimum atomic E-state index is -0.381. The molecular formula is C25H23FN4O2. The Kier molecular flexibility index (Phi) is 5.54. The number of benzene rings is 3. The number of hydrogen-bond acceptors (Lipinski definition) is 4. The van der Waals surface area contributed by atoms with E-state index in [1.54, 1.807) is 18.2 Å². The lowest BCUT2D eigenvalue weighted by Crippen LogP contribution is -2.42. The molecule has 0 radical (unpaired) electrons. The number of likely N-dealkylation sites (tertiary alicyclic amines) is 1. The average molecular weight is 430 g/mol. The number of piperidine rings is 1. The fraction of sp³-hybridized carbons (Fsp3) is 0.240. The predicted molar refractivity (Wildman–Crippen MR) is 121 cm³/mol. The largest absolute Gasteiger partial charge is 0.339 e. The number of carbonyl (C=O) groups excluding carboxylic acids is 1. The van der Waals surface area contributed by atoms with E-state index in [0.29, 0.717) is 31.0 Å². The Bertz CT molecular complexity index is 1250. The third kappa shape index (κ3) is 4.19. The number of aromatic nitrogens is 2. The highest BCUT2D eigenvalue weighted by Gasteiger charge is 2.26. The first kappa shape index (κ1) is 20.2. The Morgan fingerprint density at radius 2 is 1.91 bits per heavy atom. The molecule has 1 fully saturated rings. The van der Waals surface area contributed by atoms with E-state index >= 15 is 0 Å². The van der Waals surface area contributed by atoms with Crippen LogP contribution in [0.4, 0.5) is 14.9 Å². The number of anilines is 1. The van der Waals surface area contributed by atoms with Crippen LogP contribution < -0.4 is 5.32 Å². The normalized spacial score (nSPS) is 16.3. The Balaban J connectivity index is 1.25. The van der Waals surface area contributed by atoms with Crippen LogP contribution in [-0.4, -0.2) is 34.2 Å². The van der Waals surface area contributed by atoms with E-state index in [0.717, 1.165) is 29.3 Å². The summed E-state index contributed by atoms with van der Waals surface area (Å²) in [4.78, 5) is 19.2. The molecule has 1 aliphatic rings. The lowest BCUT2D eigenvalue weighted by atomic mass is 9.95. The van der Waals surface area contributed by atoms with E-state index < -0.39 is 0 Å². The van der Waals surface area contributed by atoms with Crippen LogP contribution in [0.3, 0.4) is 0 Å². The Morgan fingerprint density at radius 3 is 2.81 bits per heavy atom. The highest BCUT2D eigenvalue weighted by Crippen LogP contribution is 2.26. The second-order valence-electron chi connectivity index (χ2n) is 8.11. The van der Waals surface area contributed by atoms with Gasteiger partial charge in [0.2, 0.25) is 11.7 Å². The van der Waals surface area contributed by atoms with Gasteiger partial charge in [-0.15, -0.1) is 0 Å². The van der Waals surface area contributed by atoms with Crippen molar-refractivity contribution in [3.05, 3.63) is 78.4 Å². The minimum absolute atomic E-state index is 0.108. The molecule has 32 heavy (non-hydrogen) atoms. The summed E-state index contributed by atoms with van der Waals surface area (Å²) < 4.78 is 19.4. The van der Waals surface area contributed by atoms with Gasteiger partial charge in [0.15, 0.2) is 0 Å². The number of nitrogens with one attached hydrogen (secondary N) is 1. The molecular weight excluding hydrogens is 407 g/mol. The van der Waals surface area contributed by atoms with Gasteiger partial charge in [0.1, 0.15) is 5.82 Å². The third-order valence-corrected chi connectivity index (χ3v) is 5.88. The van der Waals surface area contributed by atoms with Crippen molar-refractivity contribution in [2.45, 2.75) is 19.3 Å². The number of nitrogens with zero attached hydrogens (tertiary/aromatic N) is 3. The number of rotatable bonds is 4. The zero-order valence-electron chi connectivity index (χ0n) is 17.5.